The van der Waals surface area contributed by atoms with Gasteiger partial charge < -0.3 is 65.8 Å². The van der Waals surface area contributed by atoms with Crippen molar-refractivity contribution in [2.45, 2.75) is 173 Å². The second kappa shape index (κ2) is 31.8. The monoisotopic (exact) mass is 1200 g/mol. The Morgan fingerprint density at radius 1 is 0.839 bits per heavy atom. The molecule has 0 radical (unpaired) electrons. The van der Waals surface area contributed by atoms with Crippen LogP contribution in [0, 0.1) is 17.8 Å². The predicted molar refractivity (Wildman–Crippen MR) is 325 cm³/mol. The maximum atomic E-state index is 13.9. The third-order valence-corrected chi connectivity index (χ3v) is 16.3. The van der Waals surface area contributed by atoms with E-state index in [1.54, 1.807) is 51.1 Å². The van der Waals surface area contributed by atoms with Crippen LogP contribution in [-0.4, -0.2) is 133 Å². The third kappa shape index (κ3) is 19.9. The van der Waals surface area contributed by atoms with Gasteiger partial charge in [-0.05, 0) is 111 Å². The zero-order chi connectivity index (χ0) is 62.8. The van der Waals surface area contributed by atoms with Crippen LogP contribution in [0.25, 0.3) is 11.1 Å². The summed E-state index contributed by atoms with van der Waals surface area (Å²) < 4.78 is 34.5. The number of benzene rings is 3. The standard InChI is InChI=1S/C66H86N6O15/c1-39(2)60(72-65(81)83-37-54-52-18-10-8-16-50(52)51-17-9-11-19-53(51)54)56(75)33-46(14-12-30-68-63(67)79)62(78)70-47-25-23-45(24-26-47)36-82-64(80)69-31-13-15-48(74)34-49-35-66(38-84-66)61(77)58(87-49)28-21-40(3)20-27-57-41(4)32-55(43(6)86-57)71-59(76)29-22-42(5)85-44(7)73/h8-11,16-26,28-29,39,41-43,46,49,54-55,57-58,60-61,77H,12-15,27,30-38H2,1-7H3,(H,69,80)(H,70,78)(H,71,76)(H,72,81)(H3,67,68,79)/b28-21+,29-22-,40-20+/t41-,42-,43+,46+,49?,55+,57-,58+,60-,61+,66+/m0/s1. The maximum Gasteiger partial charge on any atom is 0.407 e. The molecule has 87 heavy (non-hydrogen) atoms. The van der Waals surface area contributed by atoms with Crippen LogP contribution in [0.3, 0.4) is 0 Å². The molecule has 21 heteroatoms. The fraction of sp³-hybridized carbons (Fsp3) is 0.515. The van der Waals surface area contributed by atoms with E-state index < -0.39 is 72.1 Å². The van der Waals surface area contributed by atoms with Crippen molar-refractivity contribution < 1.29 is 71.9 Å². The van der Waals surface area contributed by atoms with Gasteiger partial charge in [-0.25, -0.2) is 14.4 Å². The number of ketones is 2. The molecule has 0 aromatic heterocycles. The fourth-order valence-electron chi connectivity index (χ4n) is 11.5. The van der Waals surface area contributed by atoms with Crippen molar-refractivity contribution in [3.63, 3.8) is 0 Å². The Morgan fingerprint density at radius 3 is 2.17 bits per heavy atom. The minimum absolute atomic E-state index is 0.0582. The minimum atomic E-state index is -0.947. The van der Waals surface area contributed by atoms with Crippen LogP contribution in [-0.2, 0) is 59.0 Å². The van der Waals surface area contributed by atoms with Gasteiger partial charge in [0.2, 0.25) is 11.8 Å². The molecule has 3 fully saturated rings. The summed E-state index contributed by atoms with van der Waals surface area (Å²) in [5, 5.41) is 25.0. The Kier molecular flexibility index (Phi) is 24.4. The Balaban J connectivity index is 0.804. The summed E-state index contributed by atoms with van der Waals surface area (Å²) in [6.07, 6.45) is 7.12. The number of aliphatic hydroxyl groups is 1. The summed E-state index contributed by atoms with van der Waals surface area (Å²) in [6, 6.07) is 20.8. The molecule has 1 aliphatic carbocycles. The first-order valence-corrected chi connectivity index (χ1v) is 30.2. The average Bonchev–Trinajstić information content (AvgIpc) is 1.83. The molecule has 4 aliphatic rings. The summed E-state index contributed by atoms with van der Waals surface area (Å²) in [7, 11) is 0. The Morgan fingerprint density at radius 2 is 1.52 bits per heavy atom. The molecule has 11 atom stereocenters. The van der Waals surface area contributed by atoms with Gasteiger partial charge in [-0.1, -0.05) is 105 Å². The van der Waals surface area contributed by atoms with E-state index in [4.69, 9.17) is 34.2 Å². The van der Waals surface area contributed by atoms with Crippen LogP contribution in [0.15, 0.2) is 109 Å². The Hall–Kier alpha value is -7.72. The topological polar surface area (TPSA) is 302 Å². The lowest BCUT2D eigenvalue weighted by Crippen LogP contribution is -2.50. The van der Waals surface area contributed by atoms with Crippen molar-refractivity contribution in [2.24, 2.45) is 23.5 Å². The lowest BCUT2D eigenvalue weighted by atomic mass is 9.86. The molecule has 1 unspecified atom stereocenters. The molecule has 470 valence electrons. The number of aliphatic hydroxyl groups excluding tert-OH is 1. The van der Waals surface area contributed by atoms with Crippen molar-refractivity contribution in [3.8, 4) is 11.1 Å². The van der Waals surface area contributed by atoms with Crippen molar-refractivity contribution in [1.29, 1.82) is 0 Å². The highest BCUT2D eigenvalue weighted by molar-refractivity contribution is 5.97. The number of rotatable bonds is 29. The number of allylic oxidation sites excluding steroid dienone is 2. The van der Waals surface area contributed by atoms with Gasteiger partial charge in [0, 0.05) is 69.3 Å². The summed E-state index contributed by atoms with van der Waals surface area (Å²) in [4.78, 5) is 102. The molecule has 21 nitrogen and oxygen atoms in total. The smallest absolute Gasteiger partial charge is 0.407 e. The average molecular weight is 1200 g/mol. The van der Waals surface area contributed by atoms with Gasteiger partial charge in [0.1, 0.15) is 42.9 Å². The molecule has 3 aliphatic heterocycles. The number of nitrogens with one attached hydrogen (secondary N) is 5. The number of hydrogen-bond donors (Lipinski definition) is 7. The van der Waals surface area contributed by atoms with E-state index in [1.807, 2.05) is 68.5 Å². The summed E-state index contributed by atoms with van der Waals surface area (Å²) in [6.45, 7) is 13.3. The fourth-order valence-corrected chi connectivity index (χ4v) is 11.5. The first-order chi connectivity index (χ1) is 41.6. The molecular formula is C66H86N6O15. The van der Waals surface area contributed by atoms with Crippen LogP contribution < -0.4 is 32.3 Å². The number of anilines is 1. The van der Waals surface area contributed by atoms with Crippen LogP contribution in [0.1, 0.15) is 129 Å². The van der Waals surface area contributed by atoms with Gasteiger partial charge >= 0.3 is 24.2 Å². The van der Waals surface area contributed by atoms with E-state index >= 15 is 0 Å². The van der Waals surface area contributed by atoms with E-state index in [2.05, 4.69) is 39.6 Å². The van der Waals surface area contributed by atoms with Gasteiger partial charge in [0.25, 0.3) is 0 Å². The van der Waals surface area contributed by atoms with Gasteiger partial charge in [0.15, 0.2) is 5.78 Å². The van der Waals surface area contributed by atoms with Crippen molar-refractivity contribution in [3.05, 3.63) is 125 Å². The molecule has 3 heterocycles. The molecule has 0 saturated carbocycles. The number of alkyl carbamates (subject to hydrolysis) is 2. The zero-order valence-electron chi connectivity index (χ0n) is 50.9. The molecule has 0 bridgehead atoms. The van der Waals surface area contributed by atoms with E-state index in [0.717, 1.165) is 34.2 Å². The predicted octanol–water partition coefficient (Wildman–Crippen LogP) is 8.16. The number of ether oxygens (including phenoxy) is 6. The number of nitrogens with two attached hydrogens (primary N) is 1. The zero-order valence-corrected chi connectivity index (χ0v) is 50.9. The van der Waals surface area contributed by atoms with E-state index in [0.29, 0.717) is 43.5 Å². The SMILES string of the molecule is CC(=O)O[C@@H](C)/C=C\C(=O)N[C@@H]1C[C@H](C)[C@H](C/C=C(C)/C=C/[C@H]2OC(CC(=O)CCCNC(=O)OCc3ccc(NC(=O)[C@H](CCCNC(N)=O)CC(=O)[C@@H](NC(=O)OCC4c5ccccc5-c5ccccc54)C(C)C)cc3)C[C@@]3(CO3)[C@@H]2O)O[C@@H]1C. The van der Waals surface area contributed by atoms with Crippen LogP contribution in [0.4, 0.5) is 20.1 Å². The van der Waals surface area contributed by atoms with Crippen molar-refractivity contribution >= 4 is 53.3 Å². The molecule has 6 amide bonds. The Bertz CT molecular complexity index is 2950. The second-order valence-corrected chi connectivity index (χ2v) is 23.7. The second-order valence-electron chi connectivity index (χ2n) is 23.7. The quantitative estimate of drug-likeness (QED) is 0.00861. The summed E-state index contributed by atoms with van der Waals surface area (Å²) in [5.74, 6) is -2.74. The number of esters is 1. The summed E-state index contributed by atoms with van der Waals surface area (Å²) >= 11 is 0. The number of Topliss-reactive ketones (excluding diaryl/α,β-unsaturated/α-hetero) is 2. The molecular weight excluding hydrogens is 1120 g/mol. The number of carbonyl (C=O) groups is 8. The largest absolute Gasteiger partial charge is 0.459 e. The third-order valence-electron chi connectivity index (χ3n) is 16.3. The molecule has 3 saturated heterocycles. The van der Waals surface area contributed by atoms with E-state index in [-0.39, 0.29) is 105 Å². The Labute approximate surface area is 509 Å². The number of carbonyl (C=O) groups excluding carboxylic acids is 8. The van der Waals surface area contributed by atoms with E-state index in [1.165, 1.54) is 19.1 Å². The number of primary amides is 1. The lowest BCUT2D eigenvalue weighted by molar-refractivity contribution is -0.144. The highest BCUT2D eigenvalue weighted by Crippen LogP contribution is 2.45. The number of hydrogen-bond acceptors (Lipinski definition) is 15. The number of epoxide rings is 1. The maximum absolute atomic E-state index is 13.9. The van der Waals surface area contributed by atoms with Crippen molar-refractivity contribution in [2.75, 3.05) is 31.6 Å². The van der Waals surface area contributed by atoms with E-state index in [9.17, 15) is 43.5 Å². The van der Waals surface area contributed by atoms with Gasteiger partial charge in [0.05, 0.1) is 37.0 Å². The van der Waals surface area contributed by atoms with Gasteiger partial charge in [-0.3, -0.25) is 24.0 Å². The number of urea groups is 1. The highest BCUT2D eigenvalue weighted by Gasteiger charge is 2.58. The van der Waals surface area contributed by atoms with Crippen LogP contribution in [0.5, 0.6) is 0 Å². The van der Waals surface area contributed by atoms with Crippen LogP contribution in [0.2, 0.25) is 0 Å². The number of fused-ring (bicyclic) bond motifs is 3. The molecule has 7 rings (SSSR count). The normalized spacial score (nSPS) is 23.4. The molecule has 1 spiro atoms. The van der Waals surface area contributed by atoms with Gasteiger partial charge in [-0.15, -0.1) is 0 Å². The molecule has 3 aromatic carbocycles. The summed E-state index contributed by atoms with van der Waals surface area (Å²) in [5.41, 5.74) is 10.8. The minimum Gasteiger partial charge on any atom is -0.459 e. The van der Waals surface area contributed by atoms with Crippen molar-refractivity contribution in [1.82, 2.24) is 21.3 Å². The molecule has 8 N–H and O–H groups in total. The number of amides is 6. The lowest BCUT2D eigenvalue weighted by Gasteiger charge is -2.39. The highest BCUT2D eigenvalue weighted by atomic mass is 16.6. The van der Waals surface area contributed by atoms with Gasteiger partial charge in [-0.2, -0.15) is 0 Å². The first-order valence-electron chi connectivity index (χ1n) is 30.2. The first kappa shape index (κ1) is 66.8. The van der Waals surface area contributed by atoms with Crippen LogP contribution >= 0.6 is 0 Å². The molecule has 3 aromatic rings.